The van der Waals surface area contributed by atoms with Crippen LogP contribution in [-0.2, 0) is 4.79 Å². The Labute approximate surface area is 224 Å². The lowest BCUT2D eigenvalue weighted by atomic mass is 10.0. The predicted molar refractivity (Wildman–Crippen MR) is 150 cm³/mol. The highest BCUT2D eigenvalue weighted by molar-refractivity contribution is 9.10. The van der Waals surface area contributed by atoms with Crippen molar-refractivity contribution >= 4 is 44.9 Å². The molecular formula is C28H26BrN5OS. The van der Waals surface area contributed by atoms with E-state index < -0.39 is 0 Å². The molecule has 5 rings (SSSR count). The number of benzene rings is 2. The summed E-state index contributed by atoms with van der Waals surface area (Å²) in [6, 6.07) is 25.7. The number of nitrogens with one attached hydrogen (secondary N) is 2. The van der Waals surface area contributed by atoms with Gasteiger partial charge in [0.2, 0.25) is 5.91 Å². The lowest BCUT2D eigenvalue weighted by molar-refractivity contribution is -0.116. The molecule has 0 spiro atoms. The van der Waals surface area contributed by atoms with Crippen LogP contribution in [0.25, 0.3) is 5.69 Å². The third kappa shape index (κ3) is 5.05. The highest BCUT2D eigenvalue weighted by atomic mass is 79.9. The second kappa shape index (κ2) is 10.6. The Kier molecular flexibility index (Phi) is 7.16. The number of rotatable bonds is 7. The van der Waals surface area contributed by atoms with E-state index >= 15 is 0 Å². The third-order valence-electron chi connectivity index (χ3n) is 6.38. The number of carbonyl (C=O) groups excluding carboxylic acids is 1. The Bertz CT molecular complexity index is 1370. The molecule has 1 saturated heterocycles. The Balaban J connectivity index is 1.44. The molecule has 36 heavy (non-hydrogen) atoms. The molecule has 182 valence electrons. The molecule has 1 fully saturated rings. The summed E-state index contributed by atoms with van der Waals surface area (Å²) in [7, 11) is 0. The van der Waals surface area contributed by atoms with E-state index in [-0.39, 0.29) is 18.0 Å². The van der Waals surface area contributed by atoms with Gasteiger partial charge in [-0.3, -0.25) is 9.78 Å². The minimum absolute atomic E-state index is 0.0459. The molecule has 8 heteroatoms. The third-order valence-corrected chi connectivity index (χ3v) is 7.27. The number of halogens is 1. The van der Waals surface area contributed by atoms with Gasteiger partial charge in [0, 0.05) is 46.9 Å². The van der Waals surface area contributed by atoms with E-state index in [9.17, 15) is 4.79 Å². The number of hydrogen-bond acceptors (Lipinski definition) is 3. The molecule has 0 saturated carbocycles. The maximum absolute atomic E-state index is 12.9. The zero-order valence-corrected chi connectivity index (χ0v) is 22.2. The number of aromatic nitrogens is 2. The van der Waals surface area contributed by atoms with E-state index in [2.05, 4.69) is 65.4 Å². The monoisotopic (exact) mass is 559 g/mol. The first-order valence-electron chi connectivity index (χ1n) is 11.8. The molecule has 0 radical (unpaired) electrons. The molecule has 2 aromatic carbocycles. The summed E-state index contributed by atoms with van der Waals surface area (Å²) < 4.78 is 3.19. The van der Waals surface area contributed by atoms with Crippen molar-refractivity contribution in [2.45, 2.75) is 25.4 Å². The van der Waals surface area contributed by atoms with Crippen molar-refractivity contribution in [1.82, 2.24) is 19.8 Å². The van der Waals surface area contributed by atoms with Gasteiger partial charge < -0.3 is 20.1 Å². The van der Waals surface area contributed by atoms with Crippen LogP contribution in [0, 0.1) is 6.92 Å². The summed E-state index contributed by atoms with van der Waals surface area (Å²) in [4.78, 5) is 19.6. The van der Waals surface area contributed by atoms with E-state index in [1.165, 1.54) is 0 Å². The van der Waals surface area contributed by atoms with Gasteiger partial charge in [-0.2, -0.15) is 0 Å². The predicted octanol–water partition coefficient (Wildman–Crippen LogP) is 5.94. The van der Waals surface area contributed by atoms with Crippen molar-refractivity contribution in [1.29, 1.82) is 0 Å². The first-order valence-corrected chi connectivity index (χ1v) is 13.0. The zero-order chi connectivity index (χ0) is 25.1. The van der Waals surface area contributed by atoms with Gasteiger partial charge in [-0.25, -0.2) is 0 Å². The molecule has 0 bridgehead atoms. The summed E-state index contributed by atoms with van der Waals surface area (Å²) >= 11 is 9.31. The smallest absolute Gasteiger partial charge is 0.226 e. The highest BCUT2D eigenvalue weighted by Gasteiger charge is 2.41. The Hall–Kier alpha value is -3.49. The van der Waals surface area contributed by atoms with Crippen molar-refractivity contribution < 1.29 is 4.79 Å². The number of aryl methyl sites for hydroxylation is 1. The van der Waals surface area contributed by atoms with E-state index in [1.807, 2.05) is 67.6 Å². The summed E-state index contributed by atoms with van der Waals surface area (Å²) in [5.74, 6) is -0.0459. The normalized spacial score (nSPS) is 17.2. The molecule has 0 unspecified atom stereocenters. The van der Waals surface area contributed by atoms with Gasteiger partial charge in [-0.05, 0) is 79.3 Å². The van der Waals surface area contributed by atoms with Gasteiger partial charge in [0.1, 0.15) is 0 Å². The van der Waals surface area contributed by atoms with Crippen LogP contribution in [0.5, 0.6) is 0 Å². The lowest BCUT2D eigenvalue weighted by Gasteiger charge is -2.29. The Morgan fingerprint density at radius 1 is 1.06 bits per heavy atom. The SMILES string of the molecule is Cc1ccccc1NC(=O)CCN1C(=S)N[C@H](c2ccccn2)[C@@H]1c1cccn1-c1ccc(Br)cc1. The van der Waals surface area contributed by atoms with Crippen LogP contribution in [0.1, 0.15) is 35.5 Å². The molecule has 4 aromatic rings. The largest absolute Gasteiger partial charge is 0.352 e. The van der Waals surface area contributed by atoms with Crippen LogP contribution in [0.15, 0.2) is 95.7 Å². The molecule has 1 aliphatic rings. The molecular weight excluding hydrogens is 534 g/mol. The maximum atomic E-state index is 12.9. The average molecular weight is 561 g/mol. The number of hydrogen-bond donors (Lipinski definition) is 2. The molecule has 2 N–H and O–H groups in total. The van der Waals surface area contributed by atoms with Crippen LogP contribution >= 0.6 is 28.1 Å². The van der Waals surface area contributed by atoms with Gasteiger partial charge in [-0.15, -0.1) is 0 Å². The topological polar surface area (TPSA) is 62.2 Å². The Morgan fingerprint density at radius 2 is 1.83 bits per heavy atom. The molecule has 6 nitrogen and oxygen atoms in total. The molecule has 3 heterocycles. The number of thiocarbonyl (C=S) groups is 1. The molecule has 1 amide bonds. The number of para-hydroxylation sites is 1. The van der Waals surface area contributed by atoms with Crippen molar-refractivity contribution in [3.63, 3.8) is 0 Å². The summed E-state index contributed by atoms with van der Waals surface area (Å²) in [6.07, 6.45) is 4.16. The Morgan fingerprint density at radius 3 is 2.58 bits per heavy atom. The first-order chi connectivity index (χ1) is 17.5. The quantitative estimate of drug-likeness (QED) is 0.274. The zero-order valence-electron chi connectivity index (χ0n) is 19.8. The lowest BCUT2D eigenvalue weighted by Crippen LogP contribution is -2.33. The first kappa shape index (κ1) is 24.2. The highest BCUT2D eigenvalue weighted by Crippen LogP contribution is 2.39. The standard InChI is InChI=1S/C28H26BrN5OS/c1-19-7-2-3-8-22(19)31-25(35)15-18-34-27(26(32-28(34)36)23-9-4-5-16-30-23)24-10-6-17-33(24)21-13-11-20(29)12-14-21/h2-14,16-17,26-27H,15,18H2,1H3,(H,31,35)(H,32,36)/t26-,27+/m1/s1. The molecule has 2 aromatic heterocycles. The minimum Gasteiger partial charge on any atom is -0.352 e. The molecule has 2 atom stereocenters. The fourth-order valence-electron chi connectivity index (χ4n) is 4.59. The van der Waals surface area contributed by atoms with Gasteiger partial charge in [0.25, 0.3) is 0 Å². The summed E-state index contributed by atoms with van der Waals surface area (Å²) in [6.45, 7) is 2.46. The van der Waals surface area contributed by atoms with Crippen molar-refractivity contribution in [2.24, 2.45) is 0 Å². The number of pyridine rings is 1. The van der Waals surface area contributed by atoms with Gasteiger partial charge in [0.05, 0.1) is 17.8 Å². The van der Waals surface area contributed by atoms with Crippen LogP contribution in [-0.4, -0.2) is 32.0 Å². The van der Waals surface area contributed by atoms with Gasteiger partial charge in [0.15, 0.2) is 5.11 Å². The molecule has 1 aliphatic heterocycles. The van der Waals surface area contributed by atoms with E-state index in [1.54, 1.807) is 6.20 Å². The second-order valence-corrected chi connectivity index (χ2v) is 10.0. The van der Waals surface area contributed by atoms with Crippen LogP contribution in [0.3, 0.4) is 0 Å². The van der Waals surface area contributed by atoms with Crippen molar-refractivity contribution in [2.75, 3.05) is 11.9 Å². The number of carbonyl (C=O) groups is 1. The number of anilines is 1. The molecule has 0 aliphatic carbocycles. The minimum atomic E-state index is -0.151. The van der Waals surface area contributed by atoms with E-state index in [4.69, 9.17) is 12.2 Å². The van der Waals surface area contributed by atoms with Crippen LogP contribution < -0.4 is 10.6 Å². The van der Waals surface area contributed by atoms with E-state index in [0.717, 1.165) is 32.8 Å². The van der Waals surface area contributed by atoms with Gasteiger partial charge >= 0.3 is 0 Å². The number of amides is 1. The van der Waals surface area contributed by atoms with E-state index in [0.29, 0.717) is 18.1 Å². The number of nitrogens with zero attached hydrogens (tertiary/aromatic N) is 3. The van der Waals surface area contributed by atoms with Crippen LogP contribution in [0.2, 0.25) is 0 Å². The summed E-state index contributed by atoms with van der Waals surface area (Å²) in [5.41, 5.74) is 4.88. The maximum Gasteiger partial charge on any atom is 0.226 e. The van der Waals surface area contributed by atoms with Crippen LogP contribution in [0.4, 0.5) is 5.69 Å². The summed E-state index contributed by atoms with van der Waals surface area (Å²) in [5, 5.41) is 7.12. The van der Waals surface area contributed by atoms with Crippen molar-refractivity contribution in [3.05, 3.63) is 113 Å². The van der Waals surface area contributed by atoms with Crippen molar-refractivity contribution in [3.8, 4) is 5.69 Å². The fraction of sp³-hybridized carbons (Fsp3) is 0.179. The second-order valence-electron chi connectivity index (χ2n) is 8.71. The average Bonchev–Trinajstić information content (AvgIpc) is 3.49. The van der Waals surface area contributed by atoms with Gasteiger partial charge in [-0.1, -0.05) is 40.2 Å². The fourth-order valence-corrected chi connectivity index (χ4v) is 5.18.